The lowest BCUT2D eigenvalue weighted by molar-refractivity contribution is -0.929. The van der Waals surface area contributed by atoms with Gasteiger partial charge in [-0.15, -0.1) is 0 Å². The topological polar surface area (TPSA) is 52.0 Å². The Morgan fingerprint density at radius 1 is 1.12 bits per heavy atom. The van der Waals surface area contributed by atoms with Crippen LogP contribution in [0.25, 0.3) is 0 Å². The second-order valence-electron chi connectivity index (χ2n) is 6.38. The number of ether oxygens (including phenoxy) is 2. The van der Waals surface area contributed by atoms with Gasteiger partial charge in [0.15, 0.2) is 17.5 Å². The van der Waals surface area contributed by atoms with Crippen LogP contribution >= 0.6 is 0 Å². The molecule has 2 N–H and O–H groups in total. The van der Waals surface area contributed by atoms with E-state index in [-0.39, 0.29) is 18.7 Å². The summed E-state index contributed by atoms with van der Waals surface area (Å²) in [6.07, 6.45) is 1.02. The fraction of sp³-hybridized carbons (Fsp3) is 0.316. The number of amides is 1. The molecule has 2 aromatic rings. The predicted molar refractivity (Wildman–Crippen MR) is 90.3 cm³/mol. The quantitative estimate of drug-likeness (QED) is 0.896. The summed E-state index contributed by atoms with van der Waals surface area (Å²) in [7, 11) is 0. The average Bonchev–Trinajstić information content (AvgIpc) is 3.08. The van der Waals surface area contributed by atoms with Crippen LogP contribution in [0.1, 0.15) is 18.1 Å². The maximum Gasteiger partial charge on any atom is 0.282 e. The van der Waals surface area contributed by atoms with E-state index in [1.807, 2.05) is 25.1 Å². The molecule has 0 bridgehead atoms. The number of quaternary nitrogens is 1. The molecule has 0 radical (unpaired) electrons. The van der Waals surface area contributed by atoms with Crippen molar-refractivity contribution < 1.29 is 19.2 Å². The summed E-state index contributed by atoms with van der Waals surface area (Å²) in [6, 6.07) is 13.9. The van der Waals surface area contributed by atoms with Gasteiger partial charge < -0.3 is 19.7 Å². The van der Waals surface area contributed by atoms with Crippen molar-refractivity contribution in [2.45, 2.75) is 25.9 Å². The lowest BCUT2D eigenvalue weighted by atomic mass is 9.99. The highest BCUT2D eigenvalue weighted by atomic mass is 16.7. The summed E-state index contributed by atoms with van der Waals surface area (Å²) < 4.78 is 10.7. The summed E-state index contributed by atoms with van der Waals surface area (Å²) in [5.41, 5.74) is 3.50. The van der Waals surface area contributed by atoms with Crippen LogP contribution in [0.2, 0.25) is 0 Å². The van der Waals surface area contributed by atoms with Crippen LogP contribution in [0, 0.1) is 0 Å². The summed E-state index contributed by atoms with van der Waals surface area (Å²) in [5, 5.41) is 3.00. The van der Waals surface area contributed by atoms with Gasteiger partial charge in [0.25, 0.3) is 5.91 Å². The van der Waals surface area contributed by atoms with Crippen LogP contribution in [0.4, 0.5) is 5.69 Å². The van der Waals surface area contributed by atoms with Gasteiger partial charge in [0, 0.05) is 23.7 Å². The number of rotatable bonds is 3. The van der Waals surface area contributed by atoms with Gasteiger partial charge in [0.1, 0.15) is 6.54 Å². The standard InChI is InChI=1S/C19H20N2O3/c1-13(21-9-8-14-4-2-3-5-15(14)11-21)19(22)20-16-6-7-17-18(10-16)24-12-23-17/h2-7,10,13H,8-9,11-12H2,1H3,(H,20,22)/p+1/t13-/m0/s1. The molecule has 0 aliphatic carbocycles. The number of carbonyl (C=O) groups is 1. The number of nitrogens with one attached hydrogen (secondary N) is 2. The molecule has 4 rings (SSSR count). The highest BCUT2D eigenvalue weighted by Gasteiger charge is 2.29. The molecule has 2 aliphatic heterocycles. The Labute approximate surface area is 141 Å². The van der Waals surface area contributed by atoms with E-state index in [9.17, 15) is 4.79 Å². The van der Waals surface area contributed by atoms with Gasteiger partial charge in [0.05, 0.1) is 6.54 Å². The number of benzene rings is 2. The third-order valence-electron chi connectivity index (χ3n) is 4.90. The normalized spacial score (nSPS) is 19.5. The van der Waals surface area contributed by atoms with Crippen molar-refractivity contribution in [1.82, 2.24) is 0 Å². The van der Waals surface area contributed by atoms with E-state index >= 15 is 0 Å². The second-order valence-corrected chi connectivity index (χ2v) is 6.38. The minimum Gasteiger partial charge on any atom is -0.454 e. The maximum atomic E-state index is 12.6. The van der Waals surface area contributed by atoms with Crippen LogP contribution in [0.3, 0.4) is 0 Å². The molecule has 0 spiro atoms. The van der Waals surface area contributed by atoms with Gasteiger partial charge in [-0.05, 0) is 24.6 Å². The zero-order valence-electron chi connectivity index (χ0n) is 13.7. The van der Waals surface area contributed by atoms with Crippen LogP contribution in [-0.2, 0) is 17.8 Å². The molecule has 0 saturated carbocycles. The third kappa shape index (κ3) is 2.83. The lowest BCUT2D eigenvalue weighted by Gasteiger charge is -2.30. The van der Waals surface area contributed by atoms with Crippen molar-refractivity contribution in [1.29, 1.82) is 0 Å². The van der Waals surface area contributed by atoms with Gasteiger partial charge in [0.2, 0.25) is 6.79 Å². The van der Waals surface area contributed by atoms with Gasteiger partial charge in [-0.2, -0.15) is 0 Å². The molecular weight excluding hydrogens is 304 g/mol. The van der Waals surface area contributed by atoms with Crippen LogP contribution in [-0.4, -0.2) is 25.3 Å². The first-order valence-electron chi connectivity index (χ1n) is 8.32. The molecule has 2 aliphatic rings. The minimum atomic E-state index is -0.108. The Hall–Kier alpha value is -2.53. The van der Waals surface area contributed by atoms with Crippen molar-refractivity contribution in [3.05, 3.63) is 53.6 Å². The molecule has 2 atom stereocenters. The first-order valence-corrected chi connectivity index (χ1v) is 8.32. The molecule has 2 heterocycles. The Morgan fingerprint density at radius 2 is 1.92 bits per heavy atom. The zero-order chi connectivity index (χ0) is 16.5. The average molecular weight is 325 g/mol. The molecule has 1 unspecified atom stereocenters. The van der Waals surface area contributed by atoms with E-state index < -0.39 is 0 Å². The van der Waals surface area contributed by atoms with Crippen molar-refractivity contribution >= 4 is 11.6 Å². The van der Waals surface area contributed by atoms with Gasteiger partial charge in [-0.3, -0.25) is 4.79 Å². The molecule has 0 saturated heterocycles. The first-order chi connectivity index (χ1) is 11.7. The summed E-state index contributed by atoms with van der Waals surface area (Å²) in [5.74, 6) is 1.43. The SMILES string of the molecule is C[C@@H](C(=O)Nc1ccc2c(c1)OCO2)[NH+]1CCc2ccccc2C1. The fourth-order valence-electron chi connectivity index (χ4n) is 3.38. The maximum absolute atomic E-state index is 12.6. The van der Waals surface area contributed by atoms with E-state index in [1.54, 1.807) is 0 Å². The van der Waals surface area contributed by atoms with Crippen molar-refractivity contribution in [2.75, 3.05) is 18.7 Å². The Balaban J connectivity index is 1.43. The van der Waals surface area contributed by atoms with Crippen molar-refractivity contribution in [3.8, 4) is 11.5 Å². The van der Waals surface area contributed by atoms with Crippen LogP contribution in [0.5, 0.6) is 11.5 Å². The Morgan fingerprint density at radius 3 is 2.79 bits per heavy atom. The summed E-state index contributed by atoms with van der Waals surface area (Å²) in [6.45, 7) is 4.10. The van der Waals surface area contributed by atoms with E-state index in [0.29, 0.717) is 5.75 Å². The zero-order valence-corrected chi connectivity index (χ0v) is 13.7. The van der Waals surface area contributed by atoms with Crippen LogP contribution < -0.4 is 19.7 Å². The lowest BCUT2D eigenvalue weighted by Crippen LogP contribution is -3.16. The largest absolute Gasteiger partial charge is 0.454 e. The smallest absolute Gasteiger partial charge is 0.282 e. The first kappa shape index (κ1) is 15.0. The fourth-order valence-corrected chi connectivity index (χ4v) is 3.38. The summed E-state index contributed by atoms with van der Waals surface area (Å²) >= 11 is 0. The summed E-state index contributed by atoms with van der Waals surface area (Å²) in [4.78, 5) is 13.9. The van der Waals surface area contributed by atoms with Gasteiger partial charge in [-0.25, -0.2) is 0 Å². The number of hydrogen-bond donors (Lipinski definition) is 2. The highest BCUT2D eigenvalue weighted by Crippen LogP contribution is 2.34. The Bertz CT molecular complexity index is 775. The van der Waals surface area contributed by atoms with E-state index in [0.717, 1.165) is 30.9 Å². The number of carbonyl (C=O) groups excluding carboxylic acids is 1. The van der Waals surface area contributed by atoms with Gasteiger partial charge >= 0.3 is 0 Å². The van der Waals surface area contributed by atoms with E-state index in [1.165, 1.54) is 16.0 Å². The Kier molecular flexibility index (Phi) is 3.86. The second kappa shape index (κ2) is 6.17. The van der Waals surface area contributed by atoms with Crippen molar-refractivity contribution in [2.24, 2.45) is 0 Å². The molecule has 0 fully saturated rings. The molecule has 24 heavy (non-hydrogen) atoms. The highest BCUT2D eigenvalue weighted by molar-refractivity contribution is 5.94. The molecule has 1 amide bonds. The minimum absolute atomic E-state index is 0.0308. The van der Waals surface area contributed by atoms with Gasteiger partial charge in [-0.1, -0.05) is 24.3 Å². The van der Waals surface area contributed by atoms with E-state index in [4.69, 9.17) is 9.47 Å². The molecular formula is C19H21N2O3+. The molecule has 5 heteroatoms. The molecule has 5 nitrogen and oxygen atoms in total. The number of hydrogen-bond acceptors (Lipinski definition) is 3. The molecule has 2 aromatic carbocycles. The van der Waals surface area contributed by atoms with Crippen LogP contribution in [0.15, 0.2) is 42.5 Å². The predicted octanol–water partition coefficient (Wildman–Crippen LogP) is 1.38. The van der Waals surface area contributed by atoms with Crippen molar-refractivity contribution in [3.63, 3.8) is 0 Å². The third-order valence-corrected chi connectivity index (χ3v) is 4.90. The van der Waals surface area contributed by atoms with E-state index in [2.05, 4.69) is 29.6 Å². The number of fused-ring (bicyclic) bond motifs is 2. The monoisotopic (exact) mass is 325 g/mol. The number of anilines is 1. The molecule has 124 valence electrons. The molecule has 0 aromatic heterocycles.